The first-order valence-corrected chi connectivity index (χ1v) is 6.77. The normalized spacial score (nSPS) is 14.5. The van der Waals surface area contributed by atoms with Crippen LogP contribution in [-0.2, 0) is 11.8 Å². The van der Waals surface area contributed by atoms with Gasteiger partial charge in [0.1, 0.15) is 0 Å². The fourth-order valence-electron chi connectivity index (χ4n) is 2.08. The maximum Gasteiger partial charge on any atom is 0.239 e. The highest BCUT2D eigenvalue weighted by Crippen LogP contribution is 2.15. The third-order valence-corrected chi connectivity index (χ3v) is 3.12. The molecule has 0 bridgehead atoms. The van der Waals surface area contributed by atoms with Gasteiger partial charge in [0.2, 0.25) is 5.91 Å². The van der Waals surface area contributed by atoms with Crippen molar-refractivity contribution in [3.8, 4) is 0 Å². The third kappa shape index (κ3) is 4.67. The van der Waals surface area contributed by atoms with E-state index in [0.717, 1.165) is 12.0 Å². The van der Waals surface area contributed by atoms with Crippen molar-refractivity contribution in [3.63, 3.8) is 0 Å². The minimum Gasteiger partial charge on any atom is -0.347 e. The molecule has 0 aliphatic rings. The van der Waals surface area contributed by atoms with Gasteiger partial charge in [-0.3, -0.25) is 14.8 Å². The Labute approximate surface area is 116 Å². The van der Waals surface area contributed by atoms with Crippen LogP contribution in [0.25, 0.3) is 0 Å². The zero-order chi connectivity index (χ0) is 14.6. The van der Waals surface area contributed by atoms with Crippen molar-refractivity contribution in [1.82, 2.24) is 20.0 Å². The number of carbonyl (C=O) groups excluding carboxylic acids is 1. The molecule has 1 heterocycles. The van der Waals surface area contributed by atoms with Crippen LogP contribution < -0.4 is 5.32 Å². The number of nitrogens with zero attached hydrogens (tertiary/aromatic N) is 3. The monoisotopic (exact) mass is 266 g/mol. The number of aromatic nitrogens is 2. The van der Waals surface area contributed by atoms with Crippen molar-refractivity contribution in [2.45, 2.75) is 39.3 Å². The Morgan fingerprint density at radius 1 is 1.42 bits per heavy atom. The highest BCUT2D eigenvalue weighted by Gasteiger charge is 2.23. The van der Waals surface area contributed by atoms with Crippen molar-refractivity contribution in [2.24, 2.45) is 13.0 Å². The quantitative estimate of drug-likeness (QED) is 0.850. The van der Waals surface area contributed by atoms with Gasteiger partial charge in [-0.25, -0.2) is 0 Å². The van der Waals surface area contributed by atoms with E-state index in [2.05, 4.69) is 31.2 Å². The van der Waals surface area contributed by atoms with Crippen LogP contribution in [0.2, 0.25) is 0 Å². The molecule has 5 heteroatoms. The van der Waals surface area contributed by atoms with Crippen molar-refractivity contribution in [2.75, 3.05) is 14.1 Å². The molecule has 2 unspecified atom stereocenters. The Bertz CT molecular complexity index is 411. The molecule has 2 atom stereocenters. The van der Waals surface area contributed by atoms with E-state index in [9.17, 15) is 4.79 Å². The lowest BCUT2D eigenvalue weighted by molar-refractivity contribution is -0.131. The van der Waals surface area contributed by atoms with Crippen LogP contribution in [0.1, 0.15) is 38.8 Å². The number of rotatable bonds is 6. The average molecular weight is 266 g/mol. The van der Waals surface area contributed by atoms with Gasteiger partial charge in [0.15, 0.2) is 0 Å². The number of hydrogen-bond acceptors (Lipinski definition) is 3. The maximum absolute atomic E-state index is 12.2. The number of amides is 1. The number of likely N-dealkylation sites (N-methyl/N-ethyl adjacent to an activating group) is 1. The Hall–Kier alpha value is -1.36. The van der Waals surface area contributed by atoms with E-state index in [1.165, 1.54) is 0 Å². The molecule has 1 N–H and O–H groups in total. The van der Waals surface area contributed by atoms with E-state index < -0.39 is 0 Å². The first-order valence-electron chi connectivity index (χ1n) is 6.77. The molecule has 0 saturated heterocycles. The van der Waals surface area contributed by atoms with Gasteiger partial charge < -0.3 is 4.90 Å². The lowest BCUT2D eigenvalue weighted by Gasteiger charge is -2.26. The number of nitrogens with one attached hydrogen (secondary N) is 1. The third-order valence-electron chi connectivity index (χ3n) is 3.12. The molecule has 0 aliphatic carbocycles. The van der Waals surface area contributed by atoms with Crippen molar-refractivity contribution in [1.29, 1.82) is 0 Å². The second-order valence-electron chi connectivity index (χ2n) is 5.75. The summed E-state index contributed by atoms with van der Waals surface area (Å²) >= 11 is 0. The molecule has 0 saturated carbocycles. The average Bonchev–Trinajstić information content (AvgIpc) is 2.73. The minimum atomic E-state index is -0.148. The van der Waals surface area contributed by atoms with Gasteiger partial charge in [-0.05, 0) is 19.3 Å². The van der Waals surface area contributed by atoms with Crippen LogP contribution in [-0.4, -0.2) is 40.7 Å². The lowest BCUT2D eigenvalue weighted by Crippen LogP contribution is -2.45. The molecule has 5 nitrogen and oxygen atoms in total. The van der Waals surface area contributed by atoms with E-state index >= 15 is 0 Å². The summed E-state index contributed by atoms with van der Waals surface area (Å²) in [6.45, 7) is 6.33. The molecule has 0 aliphatic heterocycles. The van der Waals surface area contributed by atoms with Gasteiger partial charge in [0.25, 0.3) is 0 Å². The van der Waals surface area contributed by atoms with Crippen molar-refractivity contribution >= 4 is 5.91 Å². The van der Waals surface area contributed by atoms with E-state index in [1.807, 2.05) is 19.4 Å². The SMILES string of the molecule is CC(C)CC(NC(C)c1cnn(C)c1)C(=O)N(C)C. The molecule has 0 radical (unpaired) electrons. The Morgan fingerprint density at radius 2 is 2.05 bits per heavy atom. The van der Waals surface area contributed by atoms with Crippen LogP contribution >= 0.6 is 0 Å². The number of carbonyl (C=O) groups is 1. The predicted molar refractivity (Wildman–Crippen MR) is 76.7 cm³/mol. The van der Waals surface area contributed by atoms with E-state index in [-0.39, 0.29) is 18.0 Å². The zero-order valence-corrected chi connectivity index (χ0v) is 12.8. The van der Waals surface area contributed by atoms with Crippen LogP contribution in [0.3, 0.4) is 0 Å². The summed E-state index contributed by atoms with van der Waals surface area (Å²) in [5.74, 6) is 0.604. The first-order chi connectivity index (χ1) is 8.81. The minimum absolute atomic E-state index is 0.112. The van der Waals surface area contributed by atoms with Gasteiger partial charge in [-0.2, -0.15) is 5.10 Å². The molecular weight excluding hydrogens is 240 g/mol. The molecule has 1 amide bonds. The molecule has 108 valence electrons. The zero-order valence-electron chi connectivity index (χ0n) is 12.8. The lowest BCUT2D eigenvalue weighted by atomic mass is 10.0. The fraction of sp³-hybridized carbons (Fsp3) is 0.714. The molecule has 1 rings (SSSR count). The molecule has 0 aromatic carbocycles. The van der Waals surface area contributed by atoms with Crippen molar-refractivity contribution in [3.05, 3.63) is 18.0 Å². The molecule has 19 heavy (non-hydrogen) atoms. The Balaban J connectivity index is 2.73. The maximum atomic E-state index is 12.2. The summed E-state index contributed by atoms with van der Waals surface area (Å²) in [6, 6.07) is -0.0356. The summed E-state index contributed by atoms with van der Waals surface area (Å²) in [7, 11) is 5.49. The second kappa shape index (κ2) is 6.70. The fourth-order valence-corrected chi connectivity index (χ4v) is 2.08. The molecule has 0 spiro atoms. The first kappa shape index (κ1) is 15.7. The summed E-state index contributed by atoms with van der Waals surface area (Å²) < 4.78 is 1.78. The molecule has 1 aromatic heterocycles. The number of aryl methyl sites for hydroxylation is 1. The Kier molecular flexibility index (Phi) is 5.54. The molecule has 0 fully saturated rings. The van der Waals surface area contributed by atoms with Crippen LogP contribution in [0.4, 0.5) is 0 Å². The van der Waals surface area contributed by atoms with E-state index in [0.29, 0.717) is 5.92 Å². The van der Waals surface area contributed by atoms with Crippen molar-refractivity contribution < 1.29 is 4.79 Å². The van der Waals surface area contributed by atoms with Gasteiger partial charge in [-0.15, -0.1) is 0 Å². The summed E-state index contributed by atoms with van der Waals surface area (Å²) in [5.41, 5.74) is 1.10. The van der Waals surface area contributed by atoms with Gasteiger partial charge in [0.05, 0.1) is 12.2 Å². The van der Waals surface area contributed by atoms with Crippen LogP contribution in [0, 0.1) is 5.92 Å². The van der Waals surface area contributed by atoms with Gasteiger partial charge in [0, 0.05) is 38.9 Å². The summed E-state index contributed by atoms with van der Waals surface area (Å²) in [5, 5.41) is 7.58. The summed E-state index contributed by atoms with van der Waals surface area (Å²) in [6.07, 6.45) is 4.65. The highest BCUT2D eigenvalue weighted by molar-refractivity contribution is 5.81. The molecular formula is C14H26N4O. The predicted octanol–water partition coefficient (Wildman–Crippen LogP) is 1.57. The summed E-state index contributed by atoms with van der Waals surface area (Å²) in [4.78, 5) is 13.8. The van der Waals surface area contributed by atoms with E-state index in [4.69, 9.17) is 0 Å². The standard InChI is InChI=1S/C14H26N4O/c1-10(2)7-13(14(19)17(4)5)16-11(3)12-8-15-18(6)9-12/h8-11,13,16H,7H2,1-6H3. The smallest absolute Gasteiger partial charge is 0.239 e. The Morgan fingerprint density at radius 3 is 2.47 bits per heavy atom. The second-order valence-corrected chi connectivity index (χ2v) is 5.75. The van der Waals surface area contributed by atoms with Gasteiger partial charge >= 0.3 is 0 Å². The highest BCUT2D eigenvalue weighted by atomic mass is 16.2. The number of hydrogen-bond donors (Lipinski definition) is 1. The van der Waals surface area contributed by atoms with Crippen LogP contribution in [0.5, 0.6) is 0 Å². The van der Waals surface area contributed by atoms with E-state index in [1.54, 1.807) is 23.7 Å². The largest absolute Gasteiger partial charge is 0.347 e. The molecule has 1 aromatic rings. The van der Waals surface area contributed by atoms with Gasteiger partial charge in [-0.1, -0.05) is 13.8 Å². The topological polar surface area (TPSA) is 50.2 Å². The van der Waals surface area contributed by atoms with Crippen LogP contribution in [0.15, 0.2) is 12.4 Å².